The third kappa shape index (κ3) is 6.25. The normalized spacial score (nSPS) is 11.8. The zero-order valence-corrected chi connectivity index (χ0v) is 34.3. The van der Waals surface area contributed by atoms with Crippen molar-refractivity contribution in [3.05, 3.63) is 218 Å². The van der Waals surface area contributed by atoms with Crippen molar-refractivity contribution in [1.82, 2.24) is 14.5 Å². The number of imidazole rings is 1. The standard InChI is InChI=1S/C57H41N3O2/c1-57(2,41-18-7-4-8-19-41)42-30-28-37(29-31-42)39-32-33-58-48(35-39)40-34-47(54-46-22-11-14-27-52(46)62-53(54)36-40)44-23-15-25-50-55(44)59-56(45-21-10-13-26-51(45)61)60(50)49-24-12-9-20-43(49)38-16-5-3-6-17-38/h3-36,61H,1-2H3. The number of rotatable bonds is 8. The molecule has 0 unspecified atom stereocenters. The Morgan fingerprint density at radius 1 is 0.500 bits per heavy atom. The molecule has 0 atom stereocenters. The lowest BCUT2D eigenvalue weighted by Crippen LogP contribution is -2.18. The molecular formula is C57H41N3O2. The second-order valence-corrected chi connectivity index (χ2v) is 16.3. The van der Waals surface area contributed by atoms with Gasteiger partial charge in [0, 0.05) is 39.1 Å². The van der Waals surface area contributed by atoms with Crippen LogP contribution in [0.1, 0.15) is 25.0 Å². The molecule has 0 bridgehead atoms. The van der Waals surface area contributed by atoms with Crippen molar-refractivity contribution in [2.24, 2.45) is 0 Å². The van der Waals surface area contributed by atoms with Gasteiger partial charge >= 0.3 is 0 Å². The highest BCUT2D eigenvalue weighted by Gasteiger charge is 2.25. The average Bonchev–Trinajstić information content (AvgIpc) is 3.91. The number of pyridine rings is 1. The summed E-state index contributed by atoms with van der Waals surface area (Å²) >= 11 is 0. The number of aromatic hydroxyl groups is 1. The van der Waals surface area contributed by atoms with E-state index in [4.69, 9.17) is 14.4 Å². The van der Waals surface area contributed by atoms with E-state index in [1.807, 2.05) is 42.6 Å². The first-order chi connectivity index (χ1) is 30.4. The fourth-order valence-corrected chi connectivity index (χ4v) is 9.02. The first kappa shape index (κ1) is 37.0. The Morgan fingerprint density at radius 3 is 1.98 bits per heavy atom. The highest BCUT2D eigenvalue weighted by molar-refractivity contribution is 6.16. The van der Waals surface area contributed by atoms with Crippen molar-refractivity contribution in [2.75, 3.05) is 0 Å². The van der Waals surface area contributed by atoms with Gasteiger partial charge in [0.2, 0.25) is 0 Å². The summed E-state index contributed by atoms with van der Waals surface area (Å²) in [5, 5.41) is 13.4. The van der Waals surface area contributed by atoms with Gasteiger partial charge in [0.05, 0.1) is 28.0 Å². The van der Waals surface area contributed by atoms with Crippen molar-refractivity contribution in [3.63, 3.8) is 0 Å². The fraction of sp³-hybridized carbons (Fsp3) is 0.0526. The van der Waals surface area contributed by atoms with Gasteiger partial charge in [-0.1, -0.05) is 159 Å². The smallest absolute Gasteiger partial charge is 0.149 e. The minimum absolute atomic E-state index is 0.131. The highest BCUT2D eigenvalue weighted by atomic mass is 16.3. The number of hydrogen-bond donors (Lipinski definition) is 1. The fourth-order valence-electron chi connectivity index (χ4n) is 9.02. The molecule has 0 aliphatic rings. The molecule has 5 nitrogen and oxygen atoms in total. The van der Waals surface area contributed by atoms with Crippen molar-refractivity contribution in [2.45, 2.75) is 19.3 Å². The van der Waals surface area contributed by atoms with Crippen LogP contribution in [0.25, 0.3) is 94.7 Å². The molecule has 1 N–H and O–H groups in total. The van der Waals surface area contributed by atoms with E-state index in [1.165, 1.54) is 11.1 Å². The van der Waals surface area contributed by atoms with E-state index >= 15 is 0 Å². The number of furan rings is 1. The van der Waals surface area contributed by atoms with Crippen LogP contribution in [0, 0.1) is 0 Å². The van der Waals surface area contributed by atoms with Gasteiger partial charge in [0.25, 0.3) is 0 Å². The summed E-state index contributed by atoms with van der Waals surface area (Å²) < 4.78 is 8.83. The number of fused-ring (bicyclic) bond motifs is 4. The maximum Gasteiger partial charge on any atom is 0.149 e. The van der Waals surface area contributed by atoms with Crippen molar-refractivity contribution >= 4 is 33.0 Å². The number of para-hydroxylation sites is 4. The molecule has 0 aliphatic heterocycles. The molecule has 0 amide bonds. The maximum absolute atomic E-state index is 11.4. The lowest BCUT2D eigenvalue weighted by molar-refractivity contribution is 0.477. The Balaban J connectivity index is 1.10. The van der Waals surface area contributed by atoms with Crippen LogP contribution in [0.5, 0.6) is 5.75 Å². The van der Waals surface area contributed by atoms with Gasteiger partial charge in [0.15, 0.2) is 0 Å². The average molecular weight is 800 g/mol. The Labute approximate surface area is 359 Å². The molecule has 296 valence electrons. The molecule has 62 heavy (non-hydrogen) atoms. The second-order valence-electron chi connectivity index (χ2n) is 16.3. The van der Waals surface area contributed by atoms with E-state index < -0.39 is 0 Å². The van der Waals surface area contributed by atoms with Crippen LogP contribution < -0.4 is 0 Å². The van der Waals surface area contributed by atoms with Gasteiger partial charge in [-0.15, -0.1) is 0 Å². The molecule has 3 aromatic heterocycles. The summed E-state index contributed by atoms with van der Waals surface area (Å²) in [7, 11) is 0. The third-order valence-corrected chi connectivity index (χ3v) is 12.3. The summed E-state index contributed by atoms with van der Waals surface area (Å²) in [6, 6.07) is 68.9. The van der Waals surface area contributed by atoms with E-state index in [0.29, 0.717) is 11.4 Å². The zero-order chi connectivity index (χ0) is 41.8. The monoisotopic (exact) mass is 799 g/mol. The first-order valence-electron chi connectivity index (χ1n) is 21.0. The predicted octanol–water partition coefficient (Wildman–Crippen LogP) is 14.7. The summed E-state index contributed by atoms with van der Waals surface area (Å²) in [5.41, 5.74) is 15.3. The summed E-state index contributed by atoms with van der Waals surface area (Å²) in [6.07, 6.45) is 1.89. The summed E-state index contributed by atoms with van der Waals surface area (Å²) in [4.78, 5) is 10.4. The quantitative estimate of drug-likeness (QED) is 0.166. The van der Waals surface area contributed by atoms with Gasteiger partial charge in [-0.3, -0.25) is 9.55 Å². The van der Waals surface area contributed by atoms with Crippen LogP contribution in [0.4, 0.5) is 0 Å². The second kappa shape index (κ2) is 14.9. The maximum atomic E-state index is 11.4. The SMILES string of the molecule is CC(C)(c1ccccc1)c1ccc(-c2ccnc(-c3cc(-c4cccc5c4nc(-c4ccccc4O)n5-c4ccccc4-c4ccccc4)c4c(c3)oc3ccccc34)c2)cc1. The Bertz CT molecular complexity index is 3440. The number of nitrogens with zero attached hydrogens (tertiary/aromatic N) is 3. The van der Waals surface area contributed by atoms with E-state index in [2.05, 4.69) is 176 Å². The van der Waals surface area contributed by atoms with Gasteiger partial charge < -0.3 is 9.52 Å². The highest BCUT2D eigenvalue weighted by Crippen LogP contribution is 2.45. The Hall–Kier alpha value is -8.02. The molecule has 0 radical (unpaired) electrons. The van der Waals surface area contributed by atoms with Crippen LogP contribution in [0.2, 0.25) is 0 Å². The van der Waals surface area contributed by atoms with Gasteiger partial charge in [-0.25, -0.2) is 4.98 Å². The van der Waals surface area contributed by atoms with Crippen molar-refractivity contribution < 1.29 is 9.52 Å². The third-order valence-electron chi connectivity index (χ3n) is 12.3. The van der Waals surface area contributed by atoms with Crippen molar-refractivity contribution in [1.29, 1.82) is 0 Å². The number of hydrogen-bond acceptors (Lipinski definition) is 4. The molecule has 11 rings (SSSR count). The molecule has 5 heteroatoms. The number of benzene rings is 8. The lowest BCUT2D eigenvalue weighted by atomic mass is 9.78. The van der Waals surface area contributed by atoms with Crippen LogP contribution in [-0.2, 0) is 5.41 Å². The van der Waals surface area contributed by atoms with Crippen LogP contribution in [0.15, 0.2) is 211 Å². The first-order valence-corrected chi connectivity index (χ1v) is 21.0. The van der Waals surface area contributed by atoms with Gasteiger partial charge in [-0.05, 0) is 88.0 Å². The predicted molar refractivity (Wildman–Crippen MR) is 254 cm³/mol. The van der Waals surface area contributed by atoms with E-state index in [1.54, 1.807) is 6.07 Å². The van der Waals surface area contributed by atoms with E-state index in [9.17, 15) is 5.11 Å². The molecular weight excluding hydrogens is 759 g/mol. The van der Waals surface area contributed by atoms with Crippen LogP contribution in [0.3, 0.4) is 0 Å². The minimum Gasteiger partial charge on any atom is -0.507 e. The number of phenols is 1. The number of aromatic nitrogens is 3. The van der Waals surface area contributed by atoms with E-state index in [-0.39, 0.29) is 11.2 Å². The Kier molecular flexibility index (Phi) is 8.90. The lowest BCUT2D eigenvalue weighted by Gasteiger charge is -2.26. The van der Waals surface area contributed by atoms with Gasteiger partial charge in [-0.2, -0.15) is 0 Å². The largest absolute Gasteiger partial charge is 0.507 e. The molecule has 0 spiro atoms. The molecule has 0 saturated heterocycles. The molecule has 11 aromatic rings. The molecule has 3 heterocycles. The van der Waals surface area contributed by atoms with E-state index in [0.717, 1.165) is 83.3 Å². The van der Waals surface area contributed by atoms with Crippen LogP contribution >= 0.6 is 0 Å². The van der Waals surface area contributed by atoms with Crippen molar-refractivity contribution in [3.8, 4) is 67.5 Å². The molecule has 0 fully saturated rings. The molecule has 0 aliphatic carbocycles. The van der Waals surface area contributed by atoms with Gasteiger partial charge in [0.1, 0.15) is 22.7 Å². The topological polar surface area (TPSA) is 64.1 Å². The summed E-state index contributed by atoms with van der Waals surface area (Å²) in [6.45, 7) is 4.54. The van der Waals surface area contributed by atoms with Crippen LogP contribution in [-0.4, -0.2) is 19.6 Å². The summed E-state index contributed by atoms with van der Waals surface area (Å²) in [5.74, 6) is 0.805. The minimum atomic E-state index is -0.131. The zero-order valence-electron chi connectivity index (χ0n) is 34.3. The molecule has 0 saturated carbocycles. The Morgan fingerprint density at radius 2 is 1.18 bits per heavy atom. The molecule has 8 aromatic carbocycles. The number of phenolic OH excluding ortho intramolecular Hbond substituents is 1.